The van der Waals surface area contributed by atoms with Crippen LogP contribution in [0.3, 0.4) is 0 Å². The lowest BCUT2D eigenvalue weighted by Crippen LogP contribution is -2.52. The average molecular weight is 761 g/mol. The predicted octanol–water partition coefficient (Wildman–Crippen LogP) is 10.1. The molecule has 0 amide bonds. The van der Waals surface area contributed by atoms with Gasteiger partial charge in [-0.2, -0.15) is 0 Å². The zero-order chi connectivity index (χ0) is 36.7. The van der Waals surface area contributed by atoms with E-state index in [9.17, 15) is 9.90 Å². The van der Waals surface area contributed by atoms with E-state index in [1.165, 1.54) is 24.0 Å². The number of thioether (sulfide) groups is 1. The number of aromatic carboxylic acids is 1. The Balaban J connectivity index is 1.15. The van der Waals surface area contributed by atoms with Crippen molar-refractivity contribution < 1.29 is 19.1 Å². The molecular weight excluding hydrogens is 706 g/mol. The topological polar surface area (TPSA) is 84.8 Å². The highest BCUT2D eigenvalue weighted by molar-refractivity contribution is 7.99. The van der Waals surface area contributed by atoms with Gasteiger partial charge in [0.05, 0.1) is 24.0 Å². The third-order valence-corrected chi connectivity index (χ3v) is 18.6. The molecule has 1 unspecified atom stereocenters. The summed E-state index contributed by atoms with van der Waals surface area (Å²) in [4.78, 5) is 23.5. The molecule has 2 saturated carbocycles. The summed E-state index contributed by atoms with van der Waals surface area (Å²) in [7, 11) is -2.08. The van der Waals surface area contributed by atoms with E-state index in [0.29, 0.717) is 35.8 Å². The summed E-state index contributed by atoms with van der Waals surface area (Å²) in [6.45, 7) is 13.9. The molecule has 1 aliphatic heterocycles. The van der Waals surface area contributed by atoms with Crippen LogP contribution < -0.4 is 9.64 Å². The minimum absolute atomic E-state index is 0.0468. The van der Waals surface area contributed by atoms with Crippen LogP contribution in [0.2, 0.25) is 23.2 Å². The molecule has 7 rings (SSSR count). The largest absolute Gasteiger partial charge is 0.490 e. The fourth-order valence-electron chi connectivity index (χ4n) is 8.42. The highest BCUT2D eigenvalue weighted by Crippen LogP contribution is 2.49. The Morgan fingerprint density at radius 1 is 1.13 bits per heavy atom. The number of aryl methyl sites for hydroxylation is 1. The molecule has 2 aromatic carbocycles. The first kappa shape index (κ1) is 37.5. The number of allylic oxidation sites excluding steroid dienone is 1. The van der Waals surface area contributed by atoms with E-state index in [1.807, 2.05) is 36.7 Å². The molecule has 1 aromatic heterocycles. The molecule has 52 heavy (non-hydrogen) atoms. The van der Waals surface area contributed by atoms with Crippen molar-refractivity contribution in [3.8, 4) is 5.75 Å². The molecular formula is C42H54ClN3O4SSi. The monoisotopic (exact) mass is 759 g/mol. The second-order valence-corrected chi connectivity index (χ2v) is 23.3. The molecule has 3 aliphatic carbocycles. The number of anilines is 1. The van der Waals surface area contributed by atoms with Gasteiger partial charge in [-0.05, 0) is 134 Å². The Hall–Kier alpha value is -2.85. The highest BCUT2D eigenvalue weighted by Gasteiger charge is 2.47. The van der Waals surface area contributed by atoms with E-state index in [2.05, 4.69) is 73.0 Å². The van der Waals surface area contributed by atoms with E-state index >= 15 is 0 Å². The standard InChI is InChI=1S/C42H54ClN3O4SSi/c1-41(2,3)52(4,5)50-37(17-12-28-9-10-32(28)25-51-40-44-20-7-21-45-40)34-15-11-31(34)24-46-26-42(19-6-8-29-22-33(43)14-16-35(29)42)27-49-38-18-13-30(39(47)48)23-36(38)46/h7,12-14,16-18,20-23,28,31-32,34,37H,6,8-11,15,19,24-27H2,1-5H3,(H,47,48)/b17-12+/t28-,31-,32-,34+,37-,42?/m0/s1. The predicted molar refractivity (Wildman–Crippen MR) is 214 cm³/mol. The van der Waals surface area contributed by atoms with Crippen molar-refractivity contribution in [2.75, 3.05) is 30.3 Å². The van der Waals surface area contributed by atoms with E-state index < -0.39 is 14.3 Å². The number of carboxylic acids is 1. The average Bonchev–Trinajstić information content (AvgIpc) is 3.22. The van der Waals surface area contributed by atoms with Crippen molar-refractivity contribution >= 4 is 43.3 Å². The molecule has 278 valence electrons. The molecule has 1 spiro atoms. The number of ether oxygens (including phenoxy) is 1. The van der Waals surface area contributed by atoms with Crippen molar-refractivity contribution in [1.82, 2.24) is 9.97 Å². The summed E-state index contributed by atoms with van der Waals surface area (Å²) in [5.41, 5.74) is 3.59. The Labute approximate surface area is 320 Å². The Bertz CT molecular complexity index is 1780. The number of aromatic nitrogens is 2. The molecule has 3 aromatic rings. The van der Waals surface area contributed by atoms with Crippen molar-refractivity contribution in [3.63, 3.8) is 0 Å². The lowest BCUT2D eigenvalue weighted by molar-refractivity contribution is 0.0519. The summed E-state index contributed by atoms with van der Waals surface area (Å²) in [6.07, 6.45) is 16.4. The van der Waals surface area contributed by atoms with Crippen LogP contribution in [0.4, 0.5) is 5.69 Å². The number of hydrogen-bond donors (Lipinski definition) is 1. The Kier molecular flexibility index (Phi) is 10.9. The zero-order valence-electron chi connectivity index (χ0n) is 31.3. The maximum absolute atomic E-state index is 12.2. The van der Waals surface area contributed by atoms with Gasteiger partial charge in [-0.15, -0.1) is 0 Å². The second-order valence-electron chi connectivity index (χ2n) is 17.2. The normalized spacial score (nSPS) is 26.5. The molecule has 7 nitrogen and oxygen atoms in total. The smallest absolute Gasteiger partial charge is 0.335 e. The van der Waals surface area contributed by atoms with Crippen molar-refractivity contribution in [2.45, 2.75) is 101 Å². The van der Waals surface area contributed by atoms with Gasteiger partial charge in [0.15, 0.2) is 13.5 Å². The zero-order valence-corrected chi connectivity index (χ0v) is 33.9. The molecule has 2 heterocycles. The quantitative estimate of drug-likeness (QED) is 0.0896. The van der Waals surface area contributed by atoms with Gasteiger partial charge in [-0.1, -0.05) is 62.4 Å². The van der Waals surface area contributed by atoms with E-state index in [4.69, 9.17) is 20.8 Å². The SMILES string of the molecule is CC(C)(C)[Si](C)(C)O[C@@H](/C=C/[C@@H]1CC[C@H]1CSc1ncccn1)[C@@H]1CC[C@H]1CN1CC2(CCCc3cc(Cl)ccc32)COc2ccc(C(=O)O)cc21. The maximum atomic E-state index is 12.2. The van der Waals surface area contributed by atoms with Gasteiger partial charge in [0, 0.05) is 41.7 Å². The Morgan fingerprint density at radius 2 is 1.92 bits per heavy atom. The molecule has 0 saturated heterocycles. The third-order valence-electron chi connectivity index (χ3n) is 12.9. The molecule has 10 heteroatoms. The van der Waals surface area contributed by atoms with Gasteiger partial charge in [0.1, 0.15) is 5.75 Å². The van der Waals surface area contributed by atoms with Gasteiger partial charge in [-0.25, -0.2) is 14.8 Å². The van der Waals surface area contributed by atoms with E-state index in [0.717, 1.165) is 72.6 Å². The van der Waals surface area contributed by atoms with Crippen molar-refractivity contribution in [2.24, 2.45) is 23.7 Å². The van der Waals surface area contributed by atoms with Gasteiger partial charge < -0.3 is 19.2 Å². The number of benzene rings is 2. The molecule has 0 radical (unpaired) electrons. The first-order chi connectivity index (χ1) is 24.8. The van der Waals surface area contributed by atoms with Crippen LogP contribution in [0.25, 0.3) is 0 Å². The summed E-state index contributed by atoms with van der Waals surface area (Å²) in [6, 6.07) is 13.6. The number of fused-ring (bicyclic) bond motifs is 3. The van der Waals surface area contributed by atoms with E-state index in [1.54, 1.807) is 17.8 Å². The lowest BCUT2D eigenvalue weighted by atomic mass is 9.68. The molecule has 2 fully saturated rings. The minimum atomic E-state index is -2.08. The highest BCUT2D eigenvalue weighted by atomic mass is 35.5. The summed E-state index contributed by atoms with van der Waals surface area (Å²) in [5, 5.41) is 11.7. The maximum Gasteiger partial charge on any atom is 0.335 e. The van der Waals surface area contributed by atoms with E-state index in [-0.39, 0.29) is 16.6 Å². The summed E-state index contributed by atoms with van der Waals surface area (Å²) >= 11 is 8.25. The number of rotatable bonds is 11. The van der Waals surface area contributed by atoms with Crippen LogP contribution >= 0.6 is 23.4 Å². The fraction of sp³-hybridized carbons (Fsp3) is 0.548. The van der Waals surface area contributed by atoms with Crippen LogP contribution in [0.1, 0.15) is 80.8 Å². The van der Waals surface area contributed by atoms with Crippen LogP contribution in [0.5, 0.6) is 5.75 Å². The Morgan fingerprint density at radius 3 is 2.62 bits per heavy atom. The fourth-order valence-corrected chi connectivity index (χ4v) is 10.9. The van der Waals surface area contributed by atoms with Crippen molar-refractivity contribution in [3.05, 3.63) is 88.7 Å². The van der Waals surface area contributed by atoms with Gasteiger partial charge in [0.25, 0.3) is 0 Å². The van der Waals surface area contributed by atoms with Gasteiger partial charge >= 0.3 is 5.97 Å². The third kappa shape index (κ3) is 7.84. The molecule has 4 aliphatic rings. The minimum Gasteiger partial charge on any atom is -0.490 e. The lowest BCUT2D eigenvalue weighted by Gasteiger charge is -2.48. The number of carboxylic acid groups (broad SMARTS) is 1. The van der Waals surface area contributed by atoms with Gasteiger partial charge in [-0.3, -0.25) is 0 Å². The van der Waals surface area contributed by atoms with Crippen LogP contribution in [0.15, 0.2) is 72.2 Å². The first-order valence-electron chi connectivity index (χ1n) is 19.1. The second kappa shape index (κ2) is 15.1. The molecule has 0 bridgehead atoms. The number of carbonyl (C=O) groups is 1. The number of nitrogens with zero attached hydrogens (tertiary/aromatic N) is 3. The summed E-state index contributed by atoms with van der Waals surface area (Å²) in [5.74, 6) is 2.85. The summed E-state index contributed by atoms with van der Waals surface area (Å²) < 4.78 is 14.0. The molecule has 6 atom stereocenters. The van der Waals surface area contributed by atoms with Crippen molar-refractivity contribution in [1.29, 1.82) is 0 Å². The van der Waals surface area contributed by atoms with Gasteiger partial charge in [0.2, 0.25) is 0 Å². The van der Waals surface area contributed by atoms with Crippen LogP contribution in [-0.2, 0) is 16.3 Å². The molecule has 1 N–H and O–H groups in total. The number of halogens is 1. The van der Waals surface area contributed by atoms with Crippen LogP contribution in [0, 0.1) is 23.7 Å². The first-order valence-corrected chi connectivity index (χ1v) is 23.4. The van der Waals surface area contributed by atoms with Crippen LogP contribution in [-0.4, -0.2) is 60.9 Å². The number of hydrogen-bond acceptors (Lipinski definition) is 7.